The molecule has 0 aromatic heterocycles. The van der Waals surface area contributed by atoms with E-state index in [4.69, 9.17) is 61.6 Å². The summed E-state index contributed by atoms with van der Waals surface area (Å²) < 4.78 is 73.1. The Labute approximate surface area is 771 Å². The lowest BCUT2D eigenvalue weighted by Crippen LogP contribution is -2.64. The van der Waals surface area contributed by atoms with Crippen LogP contribution in [-0.4, -0.2) is 436 Å². The van der Waals surface area contributed by atoms with E-state index in [2.05, 4.69) is 58.5 Å². The van der Waals surface area contributed by atoms with Crippen LogP contribution in [0.3, 0.4) is 0 Å². The summed E-state index contributed by atoms with van der Waals surface area (Å²) in [5.41, 5.74) is -1.71. The number of methoxy groups -OCH3 is 1. The van der Waals surface area contributed by atoms with E-state index in [0.717, 1.165) is 0 Å². The molecule has 134 heavy (non-hydrogen) atoms. The van der Waals surface area contributed by atoms with E-state index in [1.165, 1.54) is 76.1 Å². The van der Waals surface area contributed by atoms with E-state index >= 15 is 0 Å². The second-order valence-electron chi connectivity index (χ2n) is 33.1. The molecule has 5 aliphatic heterocycles. The second kappa shape index (κ2) is 56.0. The second-order valence-corrected chi connectivity index (χ2v) is 33.1. The smallest absolute Gasteiger partial charge is 0.252 e. The molecule has 50 heteroatoms. The number of nitrogens with one attached hydrogen (secondary N) is 11. The molecule has 0 saturated carbocycles. The van der Waals surface area contributed by atoms with Gasteiger partial charge in [-0.25, -0.2) is 0 Å². The summed E-state index contributed by atoms with van der Waals surface area (Å²) in [6.45, 7) is 2.61. The van der Waals surface area contributed by atoms with Crippen molar-refractivity contribution < 1.29 is 185 Å². The molecule has 2 aromatic rings. The number of likely N-dealkylation sites (tertiary alicyclic amines) is 1. The summed E-state index contributed by atoms with van der Waals surface area (Å²) in [7, 11) is 1.49. The molecule has 0 aliphatic carbocycles. The van der Waals surface area contributed by atoms with Crippen LogP contribution in [-0.2, 0) is 113 Å². The molecule has 12 amide bonds. The minimum Gasteiger partial charge on any atom is -0.396 e. The monoisotopic (exact) mass is 1920 g/mol. The first-order chi connectivity index (χ1) is 63.9. The maximum atomic E-state index is 14.6. The third kappa shape index (κ3) is 33.2. The average molecular weight is 1920 g/mol. The minimum atomic E-state index is -1.58. The molecule has 5 aliphatic rings. The number of ether oxygens (including phenoxy) is 13. The molecule has 0 bridgehead atoms. The van der Waals surface area contributed by atoms with Gasteiger partial charge in [0.1, 0.15) is 103 Å². The highest BCUT2D eigenvalue weighted by molar-refractivity contribution is 6.08. The van der Waals surface area contributed by atoms with Crippen LogP contribution in [0.2, 0.25) is 0 Å². The largest absolute Gasteiger partial charge is 0.396 e. The molecule has 7 rings (SSSR count). The Morgan fingerprint density at radius 2 is 0.716 bits per heavy atom. The topological polar surface area (TPSA) is 723 Å². The Hall–Kier alpha value is -8.96. The normalized spacial score (nSPS) is 28.1. The molecule has 5 saturated heterocycles. The number of rotatable bonds is 55. The molecule has 24 N–H and O–H groups in total. The van der Waals surface area contributed by atoms with Crippen molar-refractivity contribution in [1.29, 1.82) is 0 Å². The molecule has 756 valence electrons. The lowest BCUT2D eigenvalue weighted by molar-refractivity contribution is -0.272. The van der Waals surface area contributed by atoms with Gasteiger partial charge in [0.25, 0.3) is 23.6 Å². The van der Waals surface area contributed by atoms with E-state index in [1.807, 2.05) is 13.8 Å². The van der Waals surface area contributed by atoms with Crippen molar-refractivity contribution in [1.82, 2.24) is 63.4 Å². The zero-order valence-corrected chi connectivity index (χ0v) is 75.8. The molecule has 2 aromatic carbocycles. The van der Waals surface area contributed by atoms with Gasteiger partial charge in [-0.15, -0.1) is 0 Å². The lowest BCUT2D eigenvalue weighted by atomic mass is 9.69. The number of nitrogens with zero attached hydrogens (tertiary/aromatic N) is 1. The molecular weight excluding hydrogens is 1780 g/mol. The van der Waals surface area contributed by atoms with Gasteiger partial charge in [0, 0.05) is 117 Å². The van der Waals surface area contributed by atoms with E-state index < -0.39 is 256 Å². The van der Waals surface area contributed by atoms with Crippen LogP contribution in [0.1, 0.15) is 120 Å². The summed E-state index contributed by atoms with van der Waals surface area (Å²) in [5.74, 6) is -8.25. The van der Waals surface area contributed by atoms with E-state index in [1.54, 1.807) is 0 Å². The molecule has 23 atom stereocenters. The summed E-state index contributed by atoms with van der Waals surface area (Å²) in [4.78, 5) is 162. The molecule has 0 spiro atoms. The van der Waals surface area contributed by atoms with Gasteiger partial charge in [-0.1, -0.05) is 26.0 Å². The van der Waals surface area contributed by atoms with Gasteiger partial charge >= 0.3 is 0 Å². The van der Waals surface area contributed by atoms with Crippen molar-refractivity contribution in [3.8, 4) is 0 Å². The van der Waals surface area contributed by atoms with Gasteiger partial charge in [0.15, 0.2) is 25.2 Å². The van der Waals surface area contributed by atoms with Gasteiger partial charge in [-0.3, -0.25) is 57.5 Å². The fourth-order valence-electron chi connectivity index (χ4n) is 15.3. The first-order valence-corrected chi connectivity index (χ1v) is 43.8. The van der Waals surface area contributed by atoms with Crippen molar-refractivity contribution in [3.05, 3.63) is 69.8 Å². The average Bonchev–Trinajstić information content (AvgIpc) is 1.61. The minimum absolute atomic E-state index is 0.124. The summed E-state index contributed by atoms with van der Waals surface area (Å²) >= 11 is 0. The standard InChI is InChI=1S/C84H132N12O38/c1-44(102)91-62-70(113)66(109)55(36-97)131-79(62)127-28-24-123-20-16-85-74(117)50-10-8-48(32-52(50)76(119)87-18-22-125-26-30-129-81-64(93-46(3)104)72(115)68(111)57(38-99)133-81)34-89-59(106)13-12-54(95-60(107)14-15-61(108)96-40-83(5,42-101)84(6,41-96)43-122-7)78(121)90-35-49-9-11-51(75(118)86-17-21-124-25-29-128-80-63(92-45(2)103)71(114)67(110)56(37-98)132-80)53(33-49)77(120)88-19-23-126-27-31-130-82-65(94-47(4)105)73(116)69(112)58(39-100)134-82/h8-11,32-33,54-58,62-73,79-82,97-101,109-116H,12-31,34-43H2,1-7H3,(H,85,117)(H,86,118)(H,87,119)(H,88,120)(H,89,106)(H,90,121)(H,91,102)(H,92,103)(H,93,104)(H,94,105)(H,95,107)/t54-,55+,56+,57+,58+,62+,63+,64+,65+,66-,67-,68-,69-,70+,71+,72+,73+,79?,80?,81?,82?,83-,84+/m0/s1. The van der Waals surface area contributed by atoms with Crippen molar-refractivity contribution in [3.63, 3.8) is 0 Å². The van der Waals surface area contributed by atoms with Crippen LogP contribution in [0.5, 0.6) is 0 Å². The van der Waals surface area contributed by atoms with Gasteiger partial charge < -0.3 is 191 Å². The lowest BCUT2D eigenvalue weighted by Gasteiger charge is -2.42. The van der Waals surface area contributed by atoms with Crippen LogP contribution < -0.4 is 58.5 Å². The Balaban J connectivity index is 1.04. The van der Waals surface area contributed by atoms with E-state index in [-0.39, 0.29) is 185 Å². The predicted molar refractivity (Wildman–Crippen MR) is 457 cm³/mol. The number of hydrogen-bond donors (Lipinski definition) is 24. The molecule has 5 heterocycles. The van der Waals surface area contributed by atoms with Crippen molar-refractivity contribution >= 4 is 70.9 Å². The Morgan fingerprint density at radius 3 is 1.03 bits per heavy atom. The highest BCUT2D eigenvalue weighted by Crippen LogP contribution is 2.46. The third-order valence-electron chi connectivity index (χ3n) is 22.9. The number of carbonyl (C=O) groups excluding carboxylic acids is 12. The predicted octanol–water partition coefficient (Wildman–Crippen LogP) is -11.0. The van der Waals surface area contributed by atoms with Crippen LogP contribution in [0, 0.1) is 10.8 Å². The summed E-state index contributed by atoms with van der Waals surface area (Å²) in [5, 5.41) is 162. The van der Waals surface area contributed by atoms with Gasteiger partial charge in [0.2, 0.25) is 47.3 Å². The van der Waals surface area contributed by atoms with Gasteiger partial charge in [-0.05, 0) is 41.8 Å². The fraction of sp³-hybridized carbons (Fsp3) is 0.714. The Kier molecular flexibility index (Phi) is 46.9. The zero-order valence-electron chi connectivity index (χ0n) is 75.8. The molecule has 5 fully saturated rings. The third-order valence-corrected chi connectivity index (χ3v) is 22.9. The van der Waals surface area contributed by atoms with Crippen LogP contribution in [0.4, 0.5) is 0 Å². The molecular formula is C84H132N12O38. The number of hydrogen-bond acceptors (Lipinski definition) is 38. The molecule has 4 unspecified atom stereocenters. The van der Waals surface area contributed by atoms with Crippen LogP contribution in [0.15, 0.2) is 36.4 Å². The zero-order chi connectivity index (χ0) is 98.5. The van der Waals surface area contributed by atoms with Crippen molar-refractivity contribution in [2.45, 2.75) is 209 Å². The maximum Gasteiger partial charge on any atom is 0.252 e. The highest BCUT2D eigenvalue weighted by Gasteiger charge is 2.54. The summed E-state index contributed by atoms with van der Waals surface area (Å²) in [6, 6.07) is 1.66. The Morgan fingerprint density at radius 1 is 0.396 bits per heavy atom. The molecule has 0 radical (unpaired) electrons. The summed E-state index contributed by atoms with van der Waals surface area (Å²) in [6.07, 6.45) is -24.5. The Bertz CT molecular complexity index is 4130. The van der Waals surface area contributed by atoms with Crippen molar-refractivity contribution in [2.24, 2.45) is 10.8 Å². The van der Waals surface area contributed by atoms with Gasteiger partial charge in [-0.2, -0.15) is 0 Å². The number of carbonyl (C=O) groups is 12. The van der Waals surface area contributed by atoms with E-state index in [0.29, 0.717) is 0 Å². The first kappa shape index (κ1) is 112. The van der Waals surface area contributed by atoms with Crippen LogP contribution in [0.25, 0.3) is 0 Å². The van der Waals surface area contributed by atoms with Crippen molar-refractivity contribution in [2.75, 3.05) is 165 Å². The number of aliphatic hydroxyl groups excluding tert-OH is 13. The number of aliphatic hydroxyl groups is 13. The fourth-order valence-corrected chi connectivity index (χ4v) is 15.3. The van der Waals surface area contributed by atoms with E-state index in [9.17, 15) is 124 Å². The maximum absolute atomic E-state index is 14.6. The SMILES string of the molecule is COC[C@@]1(C)CN(C(=O)CCC(=O)N[C@@H](CCC(=O)NCc2ccc(C(=O)NCCOCCOC3O[C@H](CO)[C@H](O)[C@H](O)[C@H]3NC(C)=O)c(C(=O)NCCOCCOC3O[C@H](CO)[C@H](O)[C@H](O)[C@H]3NC(C)=O)c2)C(=O)NCc2ccc(C(=O)NCCOCCOC3O[C@H](CO)[C@H](O)[C@H](O)[C@H]3NC(C)=O)c(C(=O)NCCOCCOC3O[C@H](CO)[C@H](O)[C@H](O)[C@H]3NC(C)=O)c2)C[C@@]1(C)CO. The first-order valence-electron chi connectivity index (χ1n) is 43.8. The van der Waals surface area contributed by atoms with Crippen LogP contribution >= 0.6 is 0 Å². The number of benzene rings is 2. The van der Waals surface area contributed by atoms with Gasteiger partial charge in [0.05, 0.1) is 141 Å². The highest BCUT2D eigenvalue weighted by atomic mass is 16.7. The quantitative estimate of drug-likeness (QED) is 0.0274. The molecule has 50 nitrogen and oxygen atoms in total. The number of amides is 12.